The predicted octanol–water partition coefficient (Wildman–Crippen LogP) is 6.11. The zero-order valence-electron chi connectivity index (χ0n) is 19.7. The zero-order chi connectivity index (χ0) is 24.4. The maximum atomic E-state index is 13.2. The molecule has 0 fully saturated rings. The monoisotopic (exact) mass is 480 g/mol. The number of unbranched alkanes of at least 4 members (excludes halogenated alkanes) is 3. The molecule has 34 heavy (non-hydrogen) atoms. The Hall–Kier alpha value is -3.32. The van der Waals surface area contributed by atoms with Gasteiger partial charge in [0, 0.05) is 12.2 Å². The van der Waals surface area contributed by atoms with Crippen LogP contribution in [0.4, 0.5) is 11.4 Å². The van der Waals surface area contributed by atoms with Gasteiger partial charge in [0.05, 0.1) is 22.8 Å². The van der Waals surface area contributed by atoms with Crippen LogP contribution in [-0.4, -0.2) is 27.5 Å². The van der Waals surface area contributed by atoms with Crippen LogP contribution < -0.4 is 14.4 Å². The van der Waals surface area contributed by atoms with Crippen LogP contribution in [-0.2, 0) is 10.0 Å². The molecule has 0 bridgehead atoms. The molecule has 0 saturated carbocycles. The number of benzene rings is 3. The molecule has 0 unspecified atom stereocenters. The molecule has 180 valence electrons. The number of sulfonamides is 1. The van der Waals surface area contributed by atoms with Gasteiger partial charge in [0.25, 0.3) is 15.9 Å². The Kier molecular flexibility index (Phi) is 9.10. The highest BCUT2D eigenvalue weighted by Gasteiger charge is 2.23. The van der Waals surface area contributed by atoms with Gasteiger partial charge in [-0.3, -0.25) is 9.10 Å². The Balaban J connectivity index is 1.70. The van der Waals surface area contributed by atoms with Crippen molar-refractivity contribution in [3.05, 3.63) is 84.4 Å². The number of nitrogens with one attached hydrogen (secondary N) is 1. The molecular formula is C27H32N2O4S. The molecule has 0 aliphatic carbocycles. The average Bonchev–Trinajstić information content (AvgIpc) is 2.85. The van der Waals surface area contributed by atoms with Crippen molar-refractivity contribution in [1.29, 1.82) is 0 Å². The molecule has 1 amide bonds. The van der Waals surface area contributed by atoms with E-state index in [-0.39, 0.29) is 10.8 Å². The van der Waals surface area contributed by atoms with Gasteiger partial charge < -0.3 is 10.1 Å². The second-order valence-electron chi connectivity index (χ2n) is 7.89. The van der Waals surface area contributed by atoms with Gasteiger partial charge >= 0.3 is 0 Å². The van der Waals surface area contributed by atoms with E-state index in [1.807, 2.05) is 12.1 Å². The summed E-state index contributed by atoms with van der Waals surface area (Å²) in [6.45, 7) is 4.82. The third-order valence-electron chi connectivity index (χ3n) is 5.42. The van der Waals surface area contributed by atoms with E-state index < -0.39 is 10.0 Å². The smallest absolute Gasteiger partial charge is 0.264 e. The fourth-order valence-electron chi connectivity index (χ4n) is 3.61. The Labute approximate surface area is 202 Å². The first-order valence-electron chi connectivity index (χ1n) is 11.7. The van der Waals surface area contributed by atoms with E-state index in [4.69, 9.17) is 4.74 Å². The van der Waals surface area contributed by atoms with Crippen LogP contribution >= 0.6 is 0 Å². The van der Waals surface area contributed by atoms with E-state index in [0.29, 0.717) is 35.8 Å². The summed E-state index contributed by atoms with van der Waals surface area (Å²) in [6.07, 6.45) is 4.36. The summed E-state index contributed by atoms with van der Waals surface area (Å²) in [7, 11) is -3.72. The van der Waals surface area contributed by atoms with Crippen LogP contribution in [0.3, 0.4) is 0 Å². The number of rotatable bonds is 12. The average molecular weight is 481 g/mol. The van der Waals surface area contributed by atoms with Crippen LogP contribution in [0, 0.1) is 0 Å². The predicted molar refractivity (Wildman–Crippen MR) is 137 cm³/mol. The summed E-state index contributed by atoms with van der Waals surface area (Å²) in [5.41, 5.74) is 1.55. The molecule has 0 atom stereocenters. The van der Waals surface area contributed by atoms with Gasteiger partial charge in [-0.1, -0.05) is 56.5 Å². The maximum Gasteiger partial charge on any atom is 0.264 e. The lowest BCUT2D eigenvalue weighted by Crippen LogP contribution is -2.30. The molecule has 0 saturated heterocycles. The number of ether oxygens (including phenoxy) is 1. The molecule has 0 aromatic heterocycles. The first kappa shape index (κ1) is 25.3. The van der Waals surface area contributed by atoms with E-state index >= 15 is 0 Å². The second-order valence-corrected chi connectivity index (χ2v) is 9.75. The van der Waals surface area contributed by atoms with E-state index in [1.165, 1.54) is 22.9 Å². The molecule has 6 nitrogen and oxygen atoms in total. The Morgan fingerprint density at radius 2 is 1.53 bits per heavy atom. The van der Waals surface area contributed by atoms with Crippen molar-refractivity contribution in [1.82, 2.24) is 0 Å². The summed E-state index contributed by atoms with van der Waals surface area (Å²) in [5, 5.41) is 2.84. The number of carbonyl (C=O) groups is 1. The van der Waals surface area contributed by atoms with Gasteiger partial charge in [0.1, 0.15) is 5.75 Å². The molecule has 0 aliphatic heterocycles. The minimum atomic E-state index is -3.72. The van der Waals surface area contributed by atoms with Crippen molar-refractivity contribution in [2.24, 2.45) is 0 Å². The number of para-hydroxylation sites is 2. The first-order valence-corrected chi connectivity index (χ1v) is 13.1. The van der Waals surface area contributed by atoms with Gasteiger partial charge in [-0.15, -0.1) is 0 Å². The Bertz CT molecular complexity index is 1160. The quantitative estimate of drug-likeness (QED) is 0.317. The molecule has 3 aromatic carbocycles. The van der Waals surface area contributed by atoms with Gasteiger partial charge in [-0.25, -0.2) is 8.42 Å². The van der Waals surface area contributed by atoms with E-state index in [0.717, 1.165) is 19.3 Å². The number of amides is 1. The molecule has 7 heteroatoms. The molecule has 0 radical (unpaired) electrons. The molecule has 0 spiro atoms. The fourth-order valence-corrected chi connectivity index (χ4v) is 5.09. The Morgan fingerprint density at radius 1 is 0.853 bits per heavy atom. The summed E-state index contributed by atoms with van der Waals surface area (Å²) in [5.74, 6) is 0.233. The number of hydrogen-bond acceptors (Lipinski definition) is 4. The standard InChI is InChI=1S/C27H32N2O4S/c1-3-5-6-12-21-33-26-16-11-10-15-25(26)27(30)28-22-17-19-24(20-18-22)34(31,32)29(4-2)23-13-8-7-9-14-23/h7-11,13-20H,3-6,12,21H2,1-2H3,(H,28,30). The SMILES string of the molecule is CCCCCCOc1ccccc1C(=O)Nc1ccc(S(=O)(=O)N(CC)c2ccccc2)cc1. The van der Waals surface area contributed by atoms with Crippen LogP contribution in [0.2, 0.25) is 0 Å². The zero-order valence-corrected chi connectivity index (χ0v) is 20.6. The van der Waals surface area contributed by atoms with Gasteiger partial charge in [0.15, 0.2) is 0 Å². The lowest BCUT2D eigenvalue weighted by molar-refractivity contribution is 0.102. The van der Waals surface area contributed by atoms with Crippen molar-refractivity contribution < 1.29 is 17.9 Å². The summed E-state index contributed by atoms with van der Waals surface area (Å²) >= 11 is 0. The minimum Gasteiger partial charge on any atom is -0.493 e. The highest BCUT2D eigenvalue weighted by Crippen LogP contribution is 2.25. The normalized spacial score (nSPS) is 11.1. The second kappa shape index (κ2) is 12.2. The maximum absolute atomic E-state index is 13.2. The summed E-state index contributed by atoms with van der Waals surface area (Å²) < 4.78 is 33.5. The molecule has 0 aliphatic rings. The van der Waals surface area contributed by atoms with Crippen molar-refractivity contribution >= 4 is 27.3 Å². The third kappa shape index (κ3) is 6.38. The summed E-state index contributed by atoms with van der Waals surface area (Å²) in [4.78, 5) is 13.0. The lowest BCUT2D eigenvalue weighted by atomic mass is 10.1. The van der Waals surface area contributed by atoms with Crippen LogP contribution in [0.1, 0.15) is 49.9 Å². The number of anilines is 2. The van der Waals surface area contributed by atoms with Crippen molar-refractivity contribution in [3.8, 4) is 5.75 Å². The molecule has 3 aromatic rings. The van der Waals surface area contributed by atoms with E-state index in [9.17, 15) is 13.2 Å². The number of carbonyl (C=O) groups excluding carboxylic acids is 1. The Morgan fingerprint density at radius 3 is 2.21 bits per heavy atom. The van der Waals surface area contributed by atoms with Gasteiger partial charge in [-0.2, -0.15) is 0 Å². The molecule has 1 N–H and O–H groups in total. The van der Waals surface area contributed by atoms with Crippen LogP contribution in [0.15, 0.2) is 83.8 Å². The largest absolute Gasteiger partial charge is 0.493 e. The topological polar surface area (TPSA) is 75.7 Å². The van der Waals surface area contributed by atoms with E-state index in [2.05, 4.69) is 12.2 Å². The van der Waals surface area contributed by atoms with Crippen molar-refractivity contribution in [2.45, 2.75) is 44.4 Å². The highest BCUT2D eigenvalue weighted by atomic mass is 32.2. The van der Waals surface area contributed by atoms with Crippen molar-refractivity contribution in [2.75, 3.05) is 22.8 Å². The lowest BCUT2D eigenvalue weighted by Gasteiger charge is -2.23. The molecule has 3 rings (SSSR count). The van der Waals surface area contributed by atoms with Crippen LogP contribution in [0.5, 0.6) is 5.75 Å². The van der Waals surface area contributed by atoms with Gasteiger partial charge in [-0.05, 0) is 61.9 Å². The van der Waals surface area contributed by atoms with Gasteiger partial charge in [0.2, 0.25) is 0 Å². The third-order valence-corrected chi connectivity index (χ3v) is 7.34. The van der Waals surface area contributed by atoms with E-state index in [1.54, 1.807) is 61.5 Å². The van der Waals surface area contributed by atoms with Crippen LogP contribution in [0.25, 0.3) is 0 Å². The molecule has 0 heterocycles. The number of nitrogens with zero attached hydrogens (tertiary/aromatic N) is 1. The summed E-state index contributed by atoms with van der Waals surface area (Å²) in [6, 6.07) is 22.3. The number of hydrogen-bond donors (Lipinski definition) is 1. The minimum absolute atomic E-state index is 0.159. The first-order chi connectivity index (χ1) is 16.5. The highest BCUT2D eigenvalue weighted by molar-refractivity contribution is 7.92. The fraction of sp³-hybridized carbons (Fsp3) is 0.296. The van der Waals surface area contributed by atoms with Crippen molar-refractivity contribution in [3.63, 3.8) is 0 Å². The molecular weight excluding hydrogens is 448 g/mol.